The zero-order valence-corrected chi connectivity index (χ0v) is 12.4. The van der Waals surface area contributed by atoms with Gasteiger partial charge >= 0.3 is 0 Å². The van der Waals surface area contributed by atoms with E-state index in [4.69, 9.17) is 0 Å². The van der Waals surface area contributed by atoms with E-state index < -0.39 is 0 Å². The average Bonchev–Trinajstić information content (AvgIpc) is 2.46. The number of carbonyl (C=O) groups is 1. The smallest absolute Gasteiger partial charge is 0.272 e. The normalized spacial score (nSPS) is 22.4. The summed E-state index contributed by atoms with van der Waals surface area (Å²) in [6.07, 6.45) is 5.42. The zero-order chi connectivity index (χ0) is 14.7. The van der Waals surface area contributed by atoms with Gasteiger partial charge in [-0.05, 0) is 25.0 Å². The van der Waals surface area contributed by atoms with Gasteiger partial charge in [0.15, 0.2) is 0 Å². The first-order chi connectivity index (χ1) is 9.50. The molecule has 1 aromatic heterocycles. The van der Waals surface area contributed by atoms with Gasteiger partial charge in [-0.15, -0.1) is 0 Å². The Morgan fingerprint density at radius 2 is 2.00 bits per heavy atom. The number of amides is 1. The molecule has 1 heterocycles. The predicted octanol–water partition coefficient (Wildman–Crippen LogP) is 1.52. The molecule has 0 saturated heterocycles. The molecule has 1 amide bonds. The highest BCUT2D eigenvalue weighted by molar-refractivity contribution is 5.92. The van der Waals surface area contributed by atoms with Crippen LogP contribution in [-0.4, -0.2) is 54.2 Å². The Labute approximate surface area is 120 Å². The van der Waals surface area contributed by atoms with Crippen LogP contribution < -0.4 is 4.90 Å². The second kappa shape index (κ2) is 6.22. The van der Waals surface area contributed by atoms with E-state index in [1.54, 1.807) is 26.4 Å². The van der Waals surface area contributed by atoms with Crippen molar-refractivity contribution in [3.05, 3.63) is 24.0 Å². The predicted molar refractivity (Wildman–Crippen MR) is 78.9 cm³/mol. The molecule has 2 rings (SSSR count). The van der Waals surface area contributed by atoms with Crippen molar-refractivity contribution in [2.24, 2.45) is 0 Å². The van der Waals surface area contributed by atoms with Gasteiger partial charge in [-0.1, -0.05) is 12.8 Å². The minimum atomic E-state index is -0.296. The highest BCUT2D eigenvalue weighted by Crippen LogP contribution is 2.26. The molecular weight excluding hydrogens is 254 g/mol. The summed E-state index contributed by atoms with van der Waals surface area (Å²) in [5, 5.41) is 10.1. The fourth-order valence-corrected chi connectivity index (χ4v) is 2.72. The van der Waals surface area contributed by atoms with Crippen molar-refractivity contribution in [2.45, 2.75) is 37.8 Å². The van der Waals surface area contributed by atoms with Gasteiger partial charge in [0.2, 0.25) is 0 Å². The largest absolute Gasteiger partial charge is 0.391 e. The molecule has 2 unspecified atom stereocenters. The van der Waals surface area contributed by atoms with Crippen LogP contribution in [0, 0.1) is 0 Å². The van der Waals surface area contributed by atoms with Crippen LogP contribution in [0.3, 0.4) is 0 Å². The average molecular weight is 277 g/mol. The molecule has 0 aromatic carbocycles. The van der Waals surface area contributed by atoms with Gasteiger partial charge in [0.1, 0.15) is 5.69 Å². The second-order valence-corrected chi connectivity index (χ2v) is 5.63. The van der Waals surface area contributed by atoms with Gasteiger partial charge in [0, 0.05) is 33.0 Å². The lowest BCUT2D eigenvalue weighted by molar-refractivity contribution is 0.0822. The first-order valence-corrected chi connectivity index (χ1v) is 7.09. The molecule has 0 radical (unpaired) electrons. The van der Waals surface area contributed by atoms with Gasteiger partial charge in [0.25, 0.3) is 5.91 Å². The van der Waals surface area contributed by atoms with Crippen molar-refractivity contribution in [3.8, 4) is 0 Å². The molecule has 0 aliphatic heterocycles. The Balaban J connectivity index is 2.19. The zero-order valence-electron chi connectivity index (χ0n) is 12.4. The summed E-state index contributed by atoms with van der Waals surface area (Å²) >= 11 is 0. The monoisotopic (exact) mass is 277 g/mol. The van der Waals surface area contributed by atoms with Gasteiger partial charge in [-0.2, -0.15) is 0 Å². The summed E-state index contributed by atoms with van der Waals surface area (Å²) < 4.78 is 0. The Bertz CT molecular complexity index is 476. The van der Waals surface area contributed by atoms with Crippen LogP contribution in [-0.2, 0) is 0 Å². The first-order valence-electron chi connectivity index (χ1n) is 7.09. The van der Waals surface area contributed by atoms with Crippen LogP contribution in [0.2, 0.25) is 0 Å². The highest BCUT2D eigenvalue weighted by Gasteiger charge is 2.27. The van der Waals surface area contributed by atoms with Crippen LogP contribution >= 0.6 is 0 Å². The maximum atomic E-state index is 12.0. The topological polar surface area (TPSA) is 56.7 Å². The lowest BCUT2D eigenvalue weighted by atomic mass is 9.91. The van der Waals surface area contributed by atoms with E-state index in [0.29, 0.717) is 5.69 Å². The molecule has 110 valence electrons. The number of carbonyl (C=O) groups excluding carboxylic acids is 1. The summed E-state index contributed by atoms with van der Waals surface area (Å²) in [5.41, 5.74) is 1.36. The fourth-order valence-electron chi connectivity index (χ4n) is 2.72. The molecule has 2 atom stereocenters. The summed E-state index contributed by atoms with van der Waals surface area (Å²) in [7, 11) is 5.40. The standard InChI is InChI=1S/C15H23N3O2/c1-17(2)15(20)12-10-11(8-9-16-12)18(3)13-6-4-5-7-14(13)19/h8-10,13-14,19H,4-7H2,1-3H3. The Hall–Kier alpha value is -1.62. The van der Waals surface area contributed by atoms with Crippen LogP contribution in [0.1, 0.15) is 36.2 Å². The van der Waals surface area contributed by atoms with E-state index in [2.05, 4.69) is 9.88 Å². The van der Waals surface area contributed by atoms with Crippen LogP contribution in [0.25, 0.3) is 0 Å². The Morgan fingerprint density at radius 1 is 1.30 bits per heavy atom. The summed E-state index contributed by atoms with van der Waals surface area (Å²) in [6.45, 7) is 0. The number of pyridine rings is 1. The number of aliphatic hydroxyl groups is 1. The number of aliphatic hydroxyl groups excluding tert-OH is 1. The van der Waals surface area contributed by atoms with Gasteiger partial charge in [0.05, 0.1) is 12.1 Å². The minimum Gasteiger partial charge on any atom is -0.391 e. The molecule has 0 spiro atoms. The summed E-state index contributed by atoms with van der Waals surface area (Å²) in [4.78, 5) is 19.7. The quantitative estimate of drug-likeness (QED) is 0.910. The third-order valence-electron chi connectivity index (χ3n) is 3.97. The molecule has 1 fully saturated rings. The molecule has 1 aliphatic carbocycles. The van der Waals surface area contributed by atoms with Crippen molar-refractivity contribution in [1.29, 1.82) is 0 Å². The molecule has 5 nitrogen and oxygen atoms in total. The number of hydrogen-bond donors (Lipinski definition) is 1. The molecule has 0 bridgehead atoms. The number of rotatable bonds is 3. The van der Waals surface area contributed by atoms with Crippen molar-refractivity contribution >= 4 is 11.6 Å². The Morgan fingerprint density at radius 3 is 2.65 bits per heavy atom. The minimum absolute atomic E-state index is 0.107. The first kappa shape index (κ1) is 14.8. The molecule has 20 heavy (non-hydrogen) atoms. The van der Waals surface area contributed by atoms with Crippen molar-refractivity contribution in [3.63, 3.8) is 0 Å². The number of likely N-dealkylation sites (N-methyl/N-ethyl adjacent to an activating group) is 1. The number of aromatic nitrogens is 1. The van der Waals surface area contributed by atoms with Crippen molar-refractivity contribution in [1.82, 2.24) is 9.88 Å². The van der Waals surface area contributed by atoms with Crippen molar-refractivity contribution < 1.29 is 9.90 Å². The van der Waals surface area contributed by atoms with Crippen molar-refractivity contribution in [2.75, 3.05) is 26.0 Å². The third-order valence-corrected chi connectivity index (χ3v) is 3.97. The fraction of sp³-hybridized carbons (Fsp3) is 0.600. The molecular formula is C15H23N3O2. The van der Waals surface area contributed by atoms with E-state index in [1.165, 1.54) is 4.90 Å². The lowest BCUT2D eigenvalue weighted by Gasteiger charge is -2.36. The van der Waals surface area contributed by atoms with Crippen LogP contribution in [0.4, 0.5) is 5.69 Å². The lowest BCUT2D eigenvalue weighted by Crippen LogP contribution is -2.43. The van der Waals surface area contributed by atoms with Crippen LogP contribution in [0.15, 0.2) is 18.3 Å². The van der Waals surface area contributed by atoms with E-state index in [1.807, 2.05) is 13.1 Å². The summed E-state index contributed by atoms with van der Waals surface area (Å²) in [5.74, 6) is -0.107. The van der Waals surface area contributed by atoms with Gasteiger partial charge < -0.3 is 14.9 Å². The number of hydrogen-bond acceptors (Lipinski definition) is 4. The SMILES string of the molecule is CN(C)C(=O)c1cc(N(C)C2CCCCC2O)ccn1. The maximum Gasteiger partial charge on any atom is 0.272 e. The second-order valence-electron chi connectivity index (χ2n) is 5.63. The van der Waals surface area contributed by atoms with Gasteiger partial charge in [-0.25, -0.2) is 0 Å². The third kappa shape index (κ3) is 3.10. The van der Waals surface area contributed by atoms with Crippen LogP contribution in [0.5, 0.6) is 0 Å². The maximum absolute atomic E-state index is 12.0. The van der Waals surface area contributed by atoms with E-state index >= 15 is 0 Å². The highest BCUT2D eigenvalue weighted by atomic mass is 16.3. The molecule has 1 aliphatic rings. The Kier molecular flexibility index (Phi) is 4.60. The number of anilines is 1. The molecule has 1 N–H and O–H groups in total. The van der Waals surface area contributed by atoms with E-state index in [0.717, 1.165) is 31.4 Å². The summed E-state index contributed by atoms with van der Waals surface area (Å²) in [6, 6.07) is 3.80. The molecule has 1 aromatic rings. The van der Waals surface area contributed by atoms with E-state index in [-0.39, 0.29) is 18.1 Å². The molecule has 1 saturated carbocycles. The van der Waals surface area contributed by atoms with E-state index in [9.17, 15) is 9.90 Å². The van der Waals surface area contributed by atoms with Gasteiger partial charge in [-0.3, -0.25) is 9.78 Å². The number of nitrogens with zero attached hydrogens (tertiary/aromatic N) is 3. The molecule has 5 heteroatoms.